The van der Waals surface area contributed by atoms with E-state index in [1.165, 1.54) is 6.42 Å². The maximum atomic E-state index is 11.4. The minimum Gasteiger partial charge on any atom is -0.356 e. The predicted molar refractivity (Wildman–Crippen MR) is 66.2 cm³/mol. The fourth-order valence-corrected chi connectivity index (χ4v) is 2.59. The first-order valence-electron chi connectivity index (χ1n) is 5.46. The molecule has 5 nitrogen and oxygen atoms in total. The Kier molecular flexibility index (Phi) is 3.53. The molecule has 0 aromatic carbocycles. The molecule has 7 heteroatoms. The Morgan fingerprint density at radius 2 is 1.88 bits per heavy atom. The lowest BCUT2D eigenvalue weighted by atomic mass is 10.1. The number of aromatic nitrogens is 2. The number of nitrogens with zero attached hydrogens (tertiary/aromatic N) is 3. The van der Waals surface area contributed by atoms with Crippen molar-refractivity contribution in [2.75, 3.05) is 24.2 Å². The molecule has 0 unspecified atom stereocenters. The summed E-state index contributed by atoms with van der Waals surface area (Å²) in [7, 11) is -3.42. The van der Waals surface area contributed by atoms with E-state index in [1.807, 2.05) is 4.90 Å². The Labute approximate surface area is 106 Å². The van der Waals surface area contributed by atoms with Gasteiger partial charge >= 0.3 is 0 Å². The number of sulfone groups is 1. The number of hydrogen-bond donors (Lipinski definition) is 0. The van der Waals surface area contributed by atoms with Crippen molar-refractivity contribution in [3.63, 3.8) is 0 Å². The van der Waals surface area contributed by atoms with Crippen LogP contribution in [0.25, 0.3) is 0 Å². The highest BCUT2D eigenvalue weighted by molar-refractivity contribution is 7.90. The minimum atomic E-state index is -3.42. The number of hydrogen-bond acceptors (Lipinski definition) is 5. The van der Waals surface area contributed by atoms with Crippen molar-refractivity contribution in [2.45, 2.75) is 24.4 Å². The second-order valence-electron chi connectivity index (χ2n) is 4.15. The molecule has 17 heavy (non-hydrogen) atoms. The summed E-state index contributed by atoms with van der Waals surface area (Å²) in [5, 5.41) is -0.0356. The van der Waals surface area contributed by atoms with E-state index in [-0.39, 0.29) is 10.3 Å². The fraction of sp³-hybridized carbons (Fsp3) is 0.600. The number of rotatable bonds is 2. The molecule has 1 fully saturated rings. The maximum absolute atomic E-state index is 11.4. The van der Waals surface area contributed by atoms with Gasteiger partial charge in [0.05, 0.1) is 0 Å². The lowest BCUT2D eigenvalue weighted by molar-refractivity contribution is 0.567. The van der Waals surface area contributed by atoms with Gasteiger partial charge in [-0.05, 0) is 19.3 Å². The summed E-state index contributed by atoms with van der Waals surface area (Å²) in [6.07, 6.45) is 4.47. The van der Waals surface area contributed by atoms with Gasteiger partial charge in [-0.1, -0.05) is 11.6 Å². The molecule has 94 valence electrons. The number of halogens is 1. The molecule has 2 rings (SSSR count). The van der Waals surface area contributed by atoms with Crippen LogP contribution in [0.1, 0.15) is 19.3 Å². The highest BCUT2D eigenvalue weighted by Crippen LogP contribution is 2.21. The Hall–Kier alpha value is -0.880. The molecular formula is C10H14ClN3O2S. The highest BCUT2D eigenvalue weighted by Gasteiger charge is 2.18. The number of anilines is 1. The quantitative estimate of drug-likeness (QED) is 0.605. The Morgan fingerprint density at radius 3 is 2.47 bits per heavy atom. The molecule has 1 aromatic heterocycles. The second-order valence-corrected chi connectivity index (χ2v) is 6.45. The van der Waals surface area contributed by atoms with Crippen molar-refractivity contribution in [3.05, 3.63) is 11.2 Å². The van der Waals surface area contributed by atoms with Crippen LogP contribution >= 0.6 is 11.6 Å². The normalized spacial score (nSPS) is 17.2. The topological polar surface area (TPSA) is 63.2 Å². The Morgan fingerprint density at radius 1 is 1.24 bits per heavy atom. The molecule has 0 atom stereocenters. The minimum absolute atomic E-state index is 0.168. The van der Waals surface area contributed by atoms with E-state index in [0.29, 0.717) is 5.82 Å². The largest absolute Gasteiger partial charge is 0.356 e. The molecule has 1 aliphatic heterocycles. The van der Waals surface area contributed by atoms with Crippen LogP contribution in [0.5, 0.6) is 0 Å². The summed E-state index contributed by atoms with van der Waals surface area (Å²) in [5.41, 5.74) is 0. The van der Waals surface area contributed by atoms with E-state index >= 15 is 0 Å². The van der Waals surface area contributed by atoms with Gasteiger partial charge < -0.3 is 4.90 Å². The van der Waals surface area contributed by atoms with Gasteiger partial charge in [0.25, 0.3) is 0 Å². The molecule has 1 saturated heterocycles. The molecule has 1 aliphatic rings. The third-order valence-corrected chi connectivity index (χ3v) is 3.71. The van der Waals surface area contributed by atoms with Crippen molar-refractivity contribution >= 4 is 27.3 Å². The summed E-state index contributed by atoms with van der Waals surface area (Å²) in [6.45, 7) is 1.77. The van der Waals surface area contributed by atoms with Crippen LogP contribution in [0.15, 0.2) is 11.2 Å². The van der Waals surface area contributed by atoms with Crippen molar-refractivity contribution < 1.29 is 8.42 Å². The third kappa shape index (κ3) is 3.07. The number of piperidine rings is 1. The van der Waals surface area contributed by atoms with Gasteiger partial charge in [0.15, 0.2) is 0 Å². The summed E-state index contributed by atoms with van der Waals surface area (Å²) >= 11 is 5.83. The summed E-state index contributed by atoms with van der Waals surface area (Å²) < 4.78 is 22.8. The average Bonchev–Trinajstić information content (AvgIpc) is 2.28. The van der Waals surface area contributed by atoms with Gasteiger partial charge in [0, 0.05) is 25.4 Å². The molecule has 0 N–H and O–H groups in total. The van der Waals surface area contributed by atoms with Crippen LogP contribution in [-0.4, -0.2) is 37.7 Å². The summed E-state index contributed by atoms with van der Waals surface area (Å²) in [6, 6.07) is 1.61. The van der Waals surface area contributed by atoms with Gasteiger partial charge in [-0.25, -0.2) is 18.4 Å². The first kappa shape index (κ1) is 12.6. The van der Waals surface area contributed by atoms with Crippen molar-refractivity contribution in [2.24, 2.45) is 0 Å². The molecular weight excluding hydrogens is 262 g/mol. The zero-order valence-corrected chi connectivity index (χ0v) is 11.1. The van der Waals surface area contributed by atoms with Crippen molar-refractivity contribution in [3.8, 4) is 0 Å². The first-order valence-corrected chi connectivity index (χ1v) is 7.73. The highest BCUT2D eigenvalue weighted by atomic mass is 35.5. The van der Waals surface area contributed by atoms with Gasteiger partial charge in [0.2, 0.25) is 15.0 Å². The van der Waals surface area contributed by atoms with Crippen LogP contribution in [-0.2, 0) is 9.84 Å². The zero-order chi connectivity index (χ0) is 12.5. The van der Waals surface area contributed by atoms with Gasteiger partial charge in [-0.3, -0.25) is 0 Å². The molecule has 0 spiro atoms. The van der Waals surface area contributed by atoms with E-state index in [0.717, 1.165) is 32.2 Å². The van der Waals surface area contributed by atoms with E-state index in [2.05, 4.69) is 9.97 Å². The standard InChI is InChI=1S/C10H14ClN3O2S/c1-17(15,16)10-12-8(11)7-9(13-10)14-5-3-2-4-6-14/h7H,2-6H2,1H3. The van der Waals surface area contributed by atoms with Gasteiger partial charge in [0.1, 0.15) is 11.0 Å². The van der Waals surface area contributed by atoms with Crippen LogP contribution < -0.4 is 4.90 Å². The molecule has 2 heterocycles. The first-order chi connectivity index (χ1) is 7.97. The summed E-state index contributed by atoms with van der Waals surface area (Å²) in [4.78, 5) is 9.86. The van der Waals surface area contributed by atoms with Crippen LogP contribution in [0.4, 0.5) is 5.82 Å². The monoisotopic (exact) mass is 275 g/mol. The Bertz CT molecular complexity index is 512. The Balaban J connectivity index is 2.37. The fourth-order valence-electron chi connectivity index (χ4n) is 1.84. The van der Waals surface area contributed by atoms with Crippen LogP contribution in [0, 0.1) is 0 Å². The van der Waals surface area contributed by atoms with Crippen molar-refractivity contribution in [1.29, 1.82) is 0 Å². The molecule has 0 saturated carbocycles. The second kappa shape index (κ2) is 4.78. The van der Waals surface area contributed by atoms with E-state index < -0.39 is 9.84 Å². The smallest absolute Gasteiger partial charge is 0.250 e. The average molecular weight is 276 g/mol. The van der Waals surface area contributed by atoms with Crippen LogP contribution in [0.2, 0.25) is 5.15 Å². The van der Waals surface area contributed by atoms with E-state index in [4.69, 9.17) is 11.6 Å². The maximum Gasteiger partial charge on any atom is 0.250 e. The molecule has 1 aromatic rings. The molecule has 0 aliphatic carbocycles. The zero-order valence-electron chi connectivity index (χ0n) is 9.56. The van der Waals surface area contributed by atoms with Gasteiger partial charge in [-0.2, -0.15) is 0 Å². The predicted octanol–water partition coefficient (Wildman–Crippen LogP) is 1.52. The van der Waals surface area contributed by atoms with Crippen LogP contribution in [0.3, 0.4) is 0 Å². The SMILES string of the molecule is CS(=O)(=O)c1nc(Cl)cc(N2CCCCC2)n1. The lowest BCUT2D eigenvalue weighted by Gasteiger charge is -2.27. The van der Waals surface area contributed by atoms with E-state index in [1.54, 1.807) is 6.07 Å². The molecule has 0 bridgehead atoms. The molecule has 0 amide bonds. The third-order valence-electron chi connectivity index (χ3n) is 2.67. The lowest BCUT2D eigenvalue weighted by Crippen LogP contribution is -2.30. The van der Waals surface area contributed by atoms with E-state index in [9.17, 15) is 8.42 Å². The van der Waals surface area contributed by atoms with Crippen molar-refractivity contribution in [1.82, 2.24) is 9.97 Å². The van der Waals surface area contributed by atoms with Gasteiger partial charge in [-0.15, -0.1) is 0 Å². The summed E-state index contributed by atoms with van der Waals surface area (Å²) in [5.74, 6) is 0.602. The molecule has 0 radical (unpaired) electrons.